The highest BCUT2D eigenvalue weighted by atomic mass is 16.5. The third-order valence-electron chi connectivity index (χ3n) is 5.49. The number of hydrogen-bond acceptors (Lipinski definition) is 5. The Hall–Kier alpha value is -3.51. The third kappa shape index (κ3) is 6.05. The number of carbonyl (C=O) groups is 1. The zero-order chi connectivity index (χ0) is 23.7. The first kappa shape index (κ1) is 24.1. The van der Waals surface area contributed by atoms with Crippen molar-refractivity contribution >= 4 is 5.91 Å². The van der Waals surface area contributed by atoms with Gasteiger partial charge in [0.25, 0.3) is 5.91 Å². The predicted octanol–water partition coefficient (Wildman–Crippen LogP) is 4.22. The standard InChI is InChI=1S/C27H31NO5/c1-20-6-12-25(13-7-20)33-19-5-4-18-28-26(29)27(30,21-8-14-23(31-2)15-9-21)22-10-16-24(32-3)17-11-22/h6-17,30H,4-5,18-19H2,1-3H3,(H,28,29). The molecule has 0 fully saturated rings. The molecular weight excluding hydrogens is 418 g/mol. The minimum absolute atomic E-state index is 0.421. The number of ether oxygens (including phenoxy) is 3. The number of carbonyl (C=O) groups excluding carboxylic acids is 1. The van der Waals surface area contributed by atoms with E-state index >= 15 is 0 Å². The Morgan fingerprint density at radius 1 is 0.788 bits per heavy atom. The number of unbranched alkanes of at least 4 members (excludes halogenated alkanes) is 1. The van der Waals surface area contributed by atoms with Crippen molar-refractivity contribution in [2.24, 2.45) is 0 Å². The van der Waals surface area contributed by atoms with Crippen molar-refractivity contribution in [3.8, 4) is 17.2 Å². The summed E-state index contributed by atoms with van der Waals surface area (Å²) in [6.07, 6.45) is 1.50. The molecular formula is C27H31NO5. The van der Waals surface area contributed by atoms with Crippen molar-refractivity contribution in [2.45, 2.75) is 25.4 Å². The van der Waals surface area contributed by atoms with Crippen LogP contribution in [-0.2, 0) is 10.4 Å². The van der Waals surface area contributed by atoms with Crippen LogP contribution in [0.3, 0.4) is 0 Å². The summed E-state index contributed by atoms with van der Waals surface area (Å²) in [4.78, 5) is 13.2. The van der Waals surface area contributed by atoms with Crippen molar-refractivity contribution in [3.63, 3.8) is 0 Å². The van der Waals surface area contributed by atoms with Gasteiger partial charge in [-0.1, -0.05) is 42.0 Å². The van der Waals surface area contributed by atoms with Crippen molar-refractivity contribution < 1.29 is 24.1 Å². The molecule has 0 atom stereocenters. The van der Waals surface area contributed by atoms with Crippen LogP contribution in [0.5, 0.6) is 17.2 Å². The first-order valence-electron chi connectivity index (χ1n) is 11.0. The van der Waals surface area contributed by atoms with Crippen molar-refractivity contribution in [2.75, 3.05) is 27.4 Å². The van der Waals surface area contributed by atoms with E-state index in [-0.39, 0.29) is 0 Å². The molecule has 0 unspecified atom stereocenters. The molecule has 2 N–H and O–H groups in total. The van der Waals surface area contributed by atoms with Crippen molar-refractivity contribution in [1.29, 1.82) is 0 Å². The molecule has 0 saturated heterocycles. The second-order valence-electron chi connectivity index (χ2n) is 7.79. The maximum atomic E-state index is 13.2. The lowest BCUT2D eigenvalue weighted by Crippen LogP contribution is -2.45. The summed E-state index contributed by atoms with van der Waals surface area (Å²) < 4.78 is 16.1. The van der Waals surface area contributed by atoms with Gasteiger partial charge in [0.15, 0.2) is 5.60 Å². The van der Waals surface area contributed by atoms with Crippen LogP contribution in [-0.4, -0.2) is 38.4 Å². The molecule has 0 spiro atoms. The van der Waals surface area contributed by atoms with Crippen LogP contribution in [0.4, 0.5) is 0 Å². The number of methoxy groups -OCH3 is 2. The van der Waals surface area contributed by atoms with E-state index in [9.17, 15) is 9.90 Å². The summed E-state index contributed by atoms with van der Waals surface area (Å²) in [5.74, 6) is 1.63. The summed E-state index contributed by atoms with van der Waals surface area (Å²) in [6.45, 7) is 3.01. The maximum absolute atomic E-state index is 13.2. The van der Waals surface area contributed by atoms with Gasteiger partial charge in [-0.05, 0) is 67.3 Å². The van der Waals surface area contributed by atoms with Crippen LogP contribution >= 0.6 is 0 Å². The highest BCUT2D eigenvalue weighted by Gasteiger charge is 2.39. The highest BCUT2D eigenvalue weighted by Crippen LogP contribution is 2.32. The first-order chi connectivity index (χ1) is 16.0. The van der Waals surface area contributed by atoms with E-state index in [4.69, 9.17) is 14.2 Å². The molecule has 0 aliphatic rings. The molecule has 3 rings (SSSR count). The van der Waals surface area contributed by atoms with Gasteiger partial charge in [-0.15, -0.1) is 0 Å². The molecule has 0 radical (unpaired) electrons. The minimum Gasteiger partial charge on any atom is -0.497 e. The smallest absolute Gasteiger partial charge is 0.261 e. The number of amides is 1. The number of aliphatic hydroxyl groups is 1. The van der Waals surface area contributed by atoms with Gasteiger partial charge >= 0.3 is 0 Å². The van der Waals surface area contributed by atoms with Crippen LogP contribution in [0.25, 0.3) is 0 Å². The minimum atomic E-state index is -1.85. The average Bonchev–Trinajstić information content (AvgIpc) is 2.86. The van der Waals surface area contributed by atoms with E-state index in [1.54, 1.807) is 62.8 Å². The van der Waals surface area contributed by atoms with Crippen molar-refractivity contribution in [1.82, 2.24) is 5.32 Å². The Morgan fingerprint density at radius 3 is 1.76 bits per heavy atom. The molecule has 6 nitrogen and oxygen atoms in total. The first-order valence-corrected chi connectivity index (χ1v) is 11.0. The SMILES string of the molecule is COc1ccc(C(O)(C(=O)NCCCCOc2ccc(C)cc2)c2ccc(OC)cc2)cc1. The molecule has 0 aliphatic heterocycles. The van der Waals surface area contributed by atoms with Crippen LogP contribution in [0, 0.1) is 6.92 Å². The number of hydrogen-bond donors (Lipinski definition) is 2. The van der Waals surface area contributed by atoms with Crippen LogP contribution in [0.1, 0.15) is 29.5 Å². The molecule has 0 aliphatic carbocycles. The fourth-order valence-corrected chi connectivity index (χ4v) is 3.47. The van der Waals surface area contributed by atoms with E-state index in [2.05, 4.69) is 5.32 Å². The monoisotopic (exact) mass is 449 g/mol. The summed E-state index contributed by atoms with van der Waals surface area (Å²) in [7, 11) is 3.14. The number of benzene rings is 3. The Bertz CT molecular complexity index is 966. The molecule has 6 heteroatoms. The average molecular weight is 450 g/mol. The lowest BCUT2D eigenvalue weighted by molar-refractivity contribution is -0.136. The number of rotatable bonds is 11. The van der Waals surface area contributed by atoms with Gasteiger partial charge < -0.3 is 24.6 Å². The summed E-state index contributed by atoms with van der Waals surface area (Å²) in [5.41, 5.74) is 0.241. The predicted molar refractivity (Wildman–Crippen MR) is 128 cm³/mol. The third-order valence-corrected chi connectivity index (χ3v) is 5.49. The molecule has 33 heavy (non-hydrogen) atoms. The molecule has 174 valence electrons. The largest absolute Gasteiger partial charge is 0.497 e. The van der Waals surface area contributed by atoms with Gasteiger partial charge in [0.2, 0.25) is 0 Å². The van der Waals surface area contributed by atoms with E-state index in [0.29, 0.717) is 35.8 Å². The fourth-order valence-electron chi connectivity index (χ4n) is 3.47. The normalized spacial score (nSPS) is 11.0. The highest BCUT2D eigenvalue weighted by molar-refractivity contribution is 5.90. The summed E-state index contributed by atoms with van der Waals surface area (Å²) in [5, 5.41) is 14.5. The Balaban J connectivity index is 1.63. The quantitative estimate of drug-likeness (QED) is 0.429. The van der Waals surface area contributed by atoms with E-state index in [0.717, 1.165) is 18.6 Å². The molecule has 0 bridgehead atoms. The number of aryl methyl sites for hydroxylation is 1. The molecule has 3 aromatic rings. The lowest BCUT2D eigenvalue weighted by atomic mass is 9.85. The maximum Gasteiger partial charge on any atom is 0.261 e. The molecule has 3 aromatic carbocycles. The lowest BCUT2D eigenvalue weighted by Gasteiger charge is -2.28. The molecule has 0 saturated carbocycles. The second-order valence-corrected chi connectivity index (χ2v) is 7.79. The van der Waals surface area contributed by atoms with Crippen LogP contribution < -0.4 is 19.5 Å². The summed E-state index contributed by atoms with van der Waals surface area (Å²) >= 11 is 0. The van der Waals surface area contributed by atoms with E-state index in [1.165, 1.54) is 5.56 Å². The van der Waals surface area contributed by atoms with Gasteiger partial charge in [0.1, 0.15) is 17.2 Å². The van der Waals surface area contributed by atoms with E-state index < -0.39 is 11.5 Å². The van der Waals surface area contributed by atoms with Gasteiger partial charge in [0, 0.05) is 6.54 Å². The topological polar surface area (TPSA) is 77.0 Å². The summed E-state index contributed by atoms with van der Waals surface area (Å²) in [6, 6.07) is 21.6. The molecule has 1 amide bonds. The van der Waals surface area contributed by atoms with E-state index in [1.807, 2.05) is 31.2 Å². The van der Waals surface area contributed by atoms with Gasteiger partial charge in [0.05, 0.1) is 20.8 Å². The number of nitrogens with one attached hydrogen (secondary N) is 1. The zero-order valence-electron chi connectivity index (χ0n) is 19.3. The molecule has 0 aromatic heterocycles. The zero-order valence-corrected chi connectivity index (χ0v) is 19.3. The van der Waals surface area contributed by atoms with Gasteiger partial charge in [-0.25, -0.2) is 0 Å². The second kappa shape index (κ2) is 11.4. The van der Waals surface area contributed by atoms with Gasteiger partial charge in [-0.3, -0.25) is 4.79 Å². The van der Waals surface area contributed by atoms with Gasteiger partial charge in [-0.2, -0.15) is 0 Å². The van der Waals surface area contributed by atoms with Crippen molar-refractivity contribution in [3.05, 3.63) is 89.5 Å². The molecule has 0 heterocycles. The Morgan fingerprint density at radius 2 is 1.27 bits per heavy atom. The van der Waals surface area contributed by atoms with Crippen LogP contribution in [0.2, 0.25) is 0 Å². The fraction of sp³-hybridized carbons (Fsp3) is 0.296. The Labute approximate surface area is 195 Å². The Kier molecular flexibility index (Phi) is 8.33. The van der Waals surface area contributed by atoms with Crippen LogP contribution in [0.15, 0.2) is 72.8 Å².